The molecule has 0 N–H and O–H groups in total. The van der Waals surface area contributed by atoms with Crippen LogP contribution in [-0.2, 0) is 15.8 Å². The molecular formula is C18H28F3N3O5S. The van der Waals surface area contributed by atoms with E-state index >= 15 is 0 Å². The normalized spacial score (nSPS) is 17.9. The van der Waals surface area contributed by atoms with Gasteiger partial charge < -0.3 is 18.9 Å². The van der Waals surface area contributed by atoms with E-state index in [9.17, 15) is 18.0 Å². The summed E-state index contributed by atoms with van der Waals surface area (Å²) in [5, 5.41) is 0. The molecule has 0 radical (unpaired) electrons. The van der Waals surface area contributed by atoms with Crippen LogP contribution in [0.3, 0.4) is 0 Å². The molecule has 1 saturated heterocycles. The lowest BCUT2D eigenvalue weighted by molar-refractivity contribution is -0.0452. The molecule has 2 rings (SSSR count). The predicted octanol–water partition coefficient (Wildman–Crippen LogP) is 3.05. The molecule has 0 aliphatic carbocycles. The van der Waals surface area contributed by atoms with Gasteiger partial charge >= 0.3 is 11.6 Å². The Bertz CT molecular complexity index is 748. The van der Waals surface area contributed by atoms with Crippen molar-refractivity contribution in [3.63, 3.8) is 0 Å². The van der Waals surface area contributed by atoms with E-state index in [1.165, 1.54) is 0 Å². The molecule has 172 valence electrons. The largest absolute Gasteiger partial charge is 0.766 e. The Kier molecular flexibility index (Phi) is 8.64. The van der Waals surface area contributed by atoms with Crippen LogP contribution in [0.15, 0.2) is 18.3 Å². The molecule has 0 spiro atoms. The molecule has 1 aromatic heterocycles. The van der Waals surface area contributed by atoms with E-state index in [0.717, 1.165) is 24.5 Å². The van der Waals surface area contributed by atoms with E-state index in [4.69, 9.17) is 18.2 Å². The number of ether oxygens (including phenoxy) is 2. The number of amides is 1. The molecule has 1 unspecified atom stereocenters. The highest BCUT2D eigenvalue weighted by molar-refractivity contribution is 7.80. The number of alkyl halides is 3. The number of nitrogens with zero attached hydrogens (tertiary/aromatic N) is 3. The summed E-state index contributed by atoms with van der Waals surface area (Å²) in [5.41, 5.74) is -5.56. The Labute approximate surface area is 176 Å². The third-order valence-corrected chi connectivity index (χ3v) is 4.16. The van der Waals surface area contributed by atoms with Crippen molar-refractivity contribution >= 4 is 23.0 Å². The van der Waals surface area contributed by atoms with Crippen LogP contribution in [0.25, 0.3) is 0 Å². The summed E-state index contributed by atoms with van der Waals surface area (Å²) in [6.45, 7) is 6.80. The van der Waals surface area contributed by atoms with Gasteiger partial charge in [0.1, 0.15) is 12.2 Å². The molecule has 0 aromatic carbocycles. The monoisotopic (exact) mass is 455 g/mol. The van der Waals surface area contributed by atoms with Crippen LogP contribution < -0.4 is 9.22 Å². The summed E-state index contributed by atoms with van der Waals surface area (Å²) in [7, 11) is 6.14. The van der Waals surface area contributed by atoms with Crippen molar-refractivity contribution in [3.8, 4) is 5.75 Å². The highest BCUT2D eigenvalue weighted by atomic mass is 32.2. The molecule has 30 heavy (non-hydrogen) atoms. The summed E-state index contributed by atoms with van der Waals surface area (Å²) in [6, 6.07) is 3.84. The van der Waals surface area contributed by atoms with Crippen molar-refractivity contribution in [2.24, 2.45) is 0 Å². The molecule has 1 fully saturated rings. The van der Waals surface area contributed by atoms with Crippen molar-refractivity contribution in [3.05, 3.63) is 18.3 Å². The zero-order valence-corrected chi connectivity index (χ0v) is 18.7. The van der Waals surface area contributed by atoms with Gasteiger partial charge in [-0.3, -0.25) is 8.69 Å². The van der Waals surface area contributed by atoms with Gasteiger partial charge in [0.15, 0.2) is 0 Å². The molecule has 1 aromatic rings. The summed E-state index contributed by atoms with van der Waals surface area (Å²) in [5.74, 6) is 1.63. The quantitative estimate of drug-likeness (QED) is 0.512. The number of quaternary nitrogens is 1. The first kappa shape index (κ1) is 26.1. The third-order valence-electron chi connectivity index (χ3n) is 3.78. The molecule has 2 heterocycles. The van der Waals surface area contributed by atoms with Crippen LogP contribution in [0.2, 0.25) is 0 Å². The summed E-state index contributed by atoms with van der Waals surface area (Å²) in [6.07, 6.45) is 2.43. The van der Waals surface area contributed by atoms with E-state index in [1.807, 2.05) is 54.0 Å². The number of likely N-dealkylation sites (tertiary alicyclic amines) is 1. The van der Waals surface area contributed by atoms with Gasteiger partial charge in [-0.1, -0.05) is 0 Å². The van der Waals surface area contributed by atoms with Crippen molar-refractivity contribution in [1.82, 2.24) is 14.4 Å². The third kappa shape index (κ3) is 8.44. The molecule has 1 aliphatic heterocycles. The molecular weight excluding hydrogens is 427 g/mol. The molecule has 8 nitrogen and oxygen atoms in total. The number of hydrogen-bond acceptors (Lipinski definition) is 6. The standard InChI is InChI=1S/C17H28N3O3.CHF3O2S/c1-17(2,3)23-16(21)19-11-9-13(19)12-22-14-8-7-10-18-15(14)20(4,5)6;2-1(3,4)7(5)6/h7-8,10,13H,9,11-12H2,1-6H3;(H,5,6)/q+1;/p-1/t13-;/m0./s1. The molecule has 12 heteroatoms. The zero-order chi connectivity index (χ0) is 23.3. The minimum Gasteiger partial charge on any atom is -0.766 e. The fourth-order valence-corrected chi connectivity index (χ4v) is 2.36. The lowest BCUT2D eigenvalue weighted by Gasteiger charge is -2.41. The maximum atomic E-state index is 12.1. The second-order valence-electron chi connectivity index (χ2n) is 8.45. The first-order valence-corrected chi connectivity index (χ1v) is 10.2. The number of aromatic nitrogens is 1. The van der Waals surface area contributed by atoms with Gasteiger partial charge in [0.2, 0.25) is 5.75 Å². The first-order chi connectivity index (χ1) is 13.5. The van der Waals surface area contributed by atoms with Gasteiger partial charge in [-0.25, -0.2) is 9.78 Å². The average Bonchev–Trinajstić information content (AvgIpc) is 2.51. The van der Waals surface area contributed by atoms with E-state index in [2.05, 4.69) is 4.98 Å². The van der Waals surface area contributed by atoms with Gasteiger partial charge in [-0.2, -0.15) is 13.2 Å². The van der Waals surface area contributed by atoms with Gasteiger partial charge in [0.25, 0.3) is 5.82 Å². The van der Waals surface area contributed by atoms with Gasteiger partial charge in [0.05, 0.1) is 38.3 Å². The van der Waals surface area contributed by atoms with Gasteiger partial charge in [0, 0.05) is 12.7 Å². The number of hydrogen-bond donors (Lipinski definition) is 0. The van der Waals surface area contributed by atoms with E-state index < -0.39 is 22.2 Å². The lowest BCUT2D eigenvalue weighted by atomic mass is 10.1. The van der Waals surface area contributed by atoms with Crippen LogP contribution in [-0.4, -0.2) is 76.2 Å². The topological polar surface area (TPSA) is 91.8 Å². The number of carbonyl (C=O) groups is 1. The van der Waals surface area contributed by atoms with Crippen molar-refractivity contribution < 1.29 is 36.2 Å². The predicted molar refractivity (Wildman–Crippen MR) is 106 cm³/mol. The van der Waals surface area contributed by atoms with Crippen LogP contribution in [0, 0.1) is 0 Å². The van der Waals surface area contributed by atoms with E-state index in [1.54, 1.807) is 11.1 Å². The van der Waals surface area contributed by atoms with E-state index in [-0.39, 0.29) is 12.1 Å². The van der Waals surface area contributed by atoms with Crippen LogP contribution in [0.4, 0.5) is 23.8 Å². The minimum atomic E-state index is -5.08. The SMILES string of the molecule is CC(C)(C)OC(=O)N1CC[C@H]1COc1cccnc1[N+](C)(C)C.O=S([O-])C(F)(F)F. The maximum Gasteiger partial charge on any atom is 0.458 e. The number of rotatable bonds is 4. The van der Waals surface area contributed by atoms with Crippen molar-refractivity contribution in [2.75, 3.05) is 34.3 Å². The second kappa shape index (κ2) is 9.92. The maximum absolute atomic E-state index is 12.1. The molecule has 1 aliphatic rings. The average molecular weight is 455 g/mol. The fourth-order valence-electron chi connectivity index (χ4n) is 2.36. The molecule has 0 bridgehead atoms. The highest BCUT2D eigenvalue weighted by Gasteiger charge is 2.36. The van der Waals surface area contributed by atoms with Crippen LogP contribution in [0.5, 0.6) is 5.75 Å². The van der Waals surface area contributed by atoms with Crippen LogP contribution >= 0.6 is 0 Å². The van der Waals surface area contributed by atoms with Gasteiger partial charge in [-0.05, 0) is 39.3 Å². The van der Waals surface area contributed by atoms with Crippen LogP contribution in [0.1, 0.15) is 27.2 Å². The van der Waals surface area contributed by atoms with E-state index in [0.29, 0.717) is 11.1 Å². The molecule has 2 atom stereocenters. The highest BCUT2D eigenvalue weighted by Crippen LogP contribution is 2.29. The summed E-state index contributed by atoms with van der Waals surface area (Å²) < 4.78 is 61.4. The Morgan fingerprint density at radius 1 is 1.33 bits per heavy atom. The summed E-state index contributed by atoms with van der Waals surface area (Å²) in [4.78, 5) is 18.3. The lowest BCUT2D eigenvalue weighted by Crippen LogP contribution is -2.55. The molecule has 1 amide bonds. The Balaban J connectivity index is 0.000000553. The van der Waals surface area contributed by atoms with Crippen molar-refractivity contribution in [2.45, 2.75) is 44.3 Å². The van der Waals surface area contributed by atoms with Crippen molar-refractivity contribution in [1.29, 1.82) is 0 Å². The Morgan fingerprint density at radius 2 is 1.90 bits per heavy atom. The Morgan fingerprint density at radius 3 is 2.30 bits per heavy atom. The Hall–Kier alpha value is -1.92. The second-order valence-corrected chi connectivity index (χ2v) is 9.38. The first-order valence-electron chi connectivity index (χ1n) is 9.08. The number of carbonyl (C=O) groups excluding carboxylic acids is 1. The van der Waals surface area contributed by atoms with Gasteiger partial charge in [-0.15, -0.1) is 0 Å². The minimum absolute atomic E-state index is 0.0605. The zero-order valence-electron chi connectivity index (χ0n) is 17.9. The summed E-state index contributed by atoms with van der Waals surface area (Å²) >= 11 is -3.93. The number of halogens is 3. The molecule has 0 saturated carbocycles. The fraction of sp³-hybridized carbons (Fsp3) is 0.667. The smallest absolute Gasteiger partial charge is 0.458 e. The number of pyridine rings is 1.